The summed E-state index contributed by atoms with van der Waals surface area (Å²) in [5.74, 6) is -0.206. The maximum atomic E-state index is 13.1. The summed E-state index contributed by atoms with van der Waals surface area (Å²) in [7, 11) is 0. The molecule has 1 atom stereocenters. The molecule has 0 aliphatic rings. The first-order valence-corrected chi connectivity index (χ1v) is 9.95. The van der Waals surface area contributed by atoms with Crippen LogP contribution in [0.4, 0.5) is 0 Å². The van der Waals surface area contributed by atoms with Crippen molar-refractivity contribution < 1.29 is 9.59 Å². The third-order valence-corrected chi connectivity index (χ3v) is 4.81. The minimum Gasteiger partial charge on any atom is -0.352 e. The fraction of sp³-hybridized carbons (Fsp3) is 0.364. The van der Waals surface area contributed by atoms with Gasteiger partial charge in [-0.25, -0.2) is 0 Å². The first kappa shape index (κ1) is 21.2. The highest BCUT2D eigenvalue weighted by Gasteiger charge is 2.26. The van der Waals surface area contributed by atoms with Crippen LogP contribution >= 0.6 is 15.9 Å². The van der Waals surface area contributed by atoms with E-state index in [0.717, 1.165) is 21.2 Å². The quantitative estimate of drug-likeness (QED) is 0.713. The number of halogens is 1. The number of hydrogen-bond acceptors (Lipinski definition) is 2. The average Bonchev–Trinajstić information content (AvgIpc) is 2.60. The molecule has 4 nitrogen and oxygen atoms in total. The fourth-order valence-electron chi connectivity index (χ4n) is 2.80. The van der Waals surface area contributed by atoms with Crippen molar-refractivity contribution in [3.63, 3.8) is 0 Å². The van der Waals surface area contributed by atoms with Gasteiger partial charge >= 0.3 is 0 Å². The fourth-order valence-corrected chi connectivity index (χ4v) is 3.25. The first-order chi connectivity index (χ1) is 12.8. The lowest BCUT2D eigenvalue weighted by Gasteiger charge is -2.29. The molecule has 0 saturated carbocycles. The number of aryl methyl sites for hydroxylation is 1. The summed E-state index contributed by atoms with van der Waals surface area (Å²) in [4.78, 5) is 27.2. The molecule has 0 fully saturated rings. The third kappa shape index (κ3) is 6.51. The molecule has 2 rings (SSSR count). The van der Waals surface area contributed by atoms with Gasteiger partial charge in [0.2, 0.25) is 11.8 Å². The van der Waals surface area contributed by atoms with Gasteiger partial charge in [0.05, 0.1) is 6.42 Å². The lowest BCUT2D eigenvalue weighted by molar-refractivity contribution is -0.140. The summed E-state index contributed by atoms with van der Waals surface area (Å²) in [5, 5.41) is 2.90. The van der Waals surface area contributed by atoms with Crippen LogP contribution in [0.2, 0.25) is 0 Å². The predicted octanol–water partition coefficient (Wildman–Crippen LogP) is 4.24. The lowest BCUT2D eigenvalue weighted by Crippen LogP contribution is -2.49. The van der Waals surface area contributed by atoms with Crippen LogP contribution < -0.4 is 5.32 Å². The van der Waals surface area contributed by atoms with E-state index in [9.17, 15) is 9.59 Å². The molecule has 0 aromatic heterocycles. The van der Waals surface area contributed by atoms with E-state index in [1.807, 2.05) is 69.3 Å². The Hall–Kier alpha value is -2.14. The maximum absolute atomic E-state index is 13.1. The largest absolute Gasteiger partial charge is 0.352 e. The number of rotatable bonds is 7. The number of nitrogens with one attached hydrogen (secondary N) is 1. The molecular formula is C22H27BrN2O2. The molecule has 27 heavy (non-hydrogen) atoms. The zero-order valence-electron chi connectivity index (χ0n) is 16.3. The molecule has 1 N–H and O–H groups in total. The smallest absolute Gasteiger partial charge is 0.242 e. The van der Waals surface area contributed by atoms with Crippen molar-refractivity contribution in [2.45, 2.75) is 52.7 Å². The van der Waals surface area contributed by atoms with E-state index in [1.165, 1.54) is 0 Å². The molecule has 0 heterocycles. The Morgan fingerprint density at radius 1 is 1.04 bits per heavy atom. The predicted molar refractivity (Wildman–Crippen MR) is 112 cm³/mol. The molecule has 0 aliphatic heterocycles. The van der Waals surface area contributed by atoms with E-state index in [2.05, 4.69) is 21.2 Å². The molecule has 5 heteroatoms. The van der Waals surface area contributed by atoms with Crippen LogP contribution in [0.25, 0.3) is 0 Å². The summed E-state index contributed by atoms with van der Waals surface area (Å²) < 4.78 is 0.949. The van der Waals surface area contributed by atoms with Crippen molar-refractivity contribution in [1.82, 2.24) is 10.2 Å². The second-order valence-corrected chi connectivity index (χ2v) is 8.07. The van der Waals surface area contributed by atoms with E-state index in [-0.39, 0.29) is 24.3 Å². The number of benzene rings is 2. The van der Waals surface area contributed by atoms with Crippen molar-refractivity contribution >= 4 is 27.7 Å². The van der Waals surface area contributed by atoms with Crippen LogP contribution in [0.15, 0.2) is 53.0 Å². The van der Waals surface area contributed by atoms with Crippen LogP contribution in [0.3, 0.4) is 0 Å². The normalized spacial score (nSPS) is 11.9. The number of carbonyl (C=O) groups excluding carboxylic acids is 2. The number of amides is 2. The lowest BCUT2D eigenvalue weighted by atomic mass is 10.1. The van der Waals surface area contributed by atoms with E-state index in [4.69, 9.17) is 0 Å². The summed E-state index contributed by atoms with van der Waals surface area (Å²) in [6.07, 6.45) is 0.271. The Labute approximate surface area is 170 Å². The van der Waals surface area contributed by atoms with Gasteiger partial charge in [-0.15, -0.1) is 0 Å². The van der Waals surface area contributed by atoms with Gasteiger partial charge < -0.3 is 10.2 Å². The van der Waals surface area contributed by atoms with Crippen molar-refractivity contribution in [2.24, 2.45) is 0 Å². The minimum atomic E-state index is -0.552. The Morgan fingerprint density at radius 2 is 1.70 bits per heavy atom. The van der Waals surface area contributed by atoms with Crippen LogP contribution in [-0.2, 0) is 22.6 Å². The summed E-state index contributed by atoms with van der Waals surface area (Å²) in [5.41, 5.74) is 3.08. The summed E-state index contributed by atoms with van der Waals surface area (Å²) in [6, 6.07) is 15.2. The number of hydrogen-bond donors (Lipinski definition) is 1. The van der Waals surface area contributed by atoms with Gasteiger partial charge in [0, 0.05) is 17.1 Å². The van der Waals surface area contributed by atoms with Gasteiger partial charge in [-0.1, -0.05) is 57.9 Å². The molecule has 2 aromatic carbocycles. The molecule has 2 aromatic rings. The van der Waals surface area contributed by atoms with Crippen LogP contribution in [-0.4, -0.2) is 28.8 Å². The molecule has 0 aliphatic carbocycles. The standard InChI is InChI=1S/C22H27BrN2O2/c1-15(2)24-22(27)17(4)25(14-19-6-5-7-20(23)12-19)21(26)13-18-10-8-16(3)9-11-18/h5-12,15,17H,13-14H2,1-4H3,(H,24,27)/t17-/m0/s1. The highest BCUT2D eigenvalue weighted by atomic mass is 79.9. The SMILES string of the molecule is Cc1ccc(CC(=O)N(Cc2cccc(Br)c2)[C@@H](C)C(=O)NC(C)C)cc1. The highest BCUT2D eigenvalue weighted by Crippen LogP contribution is 2.17. The number of carbonyl (C=O) groups is 2. The van der Waals surface area contributed by atoms with Gasteiger partial charge in [-0.05, 0) is 51.0 Å². The van der Waals surface area contributed by atoms with Crippen LogP contribution in [0, 0.1) is 6.92 Å². The third-order valence-electron chi connectivity index (χ3n) is 4.32. The van der Waals surface area contributed by atoms with Gasteiger partial charge in [0.15, 0.2) is 0 Å². The van der Waals surface area contributed by atoms with E-state index >= 15 is 0 Å². The van der Waals surface area contributed by atoms with Gasteiger partial charge in [0.25, 0.3) is 0 Å². The minimum absolute atomic E-state index is 0.0277. The van der Waals surface area contributed by atoms with Crippen LogP contribution in [0.5, 0.6) is 0 Å². The molecule has 144 valence electrons. The Kier molecular flexibility index (Phi) is 7.60. The molecule has 0 unspecified atom stereocenters. The maximum Gasteiger partial charge on any atom is 0.242 e. The van der Waals surface area contributed by atoms with Crippen molar-refractivity contribution in [3.05, 3.63) is 69.7 Å². The Bertz CT molecular complexity index is 787. The molecule has 0 radical (unpaired) electrons. The van der Waals surface area contributed by atoms with Crippen LogP contribution in [0.1, 0.15) is 37.5 Å². The monoisotopic (exact) mass is 430 g/mol. The van der Waals surface area contributed by atoms with E-state index in [1.54, 1.807) is 11.8 Å². The second-order valence-electron chi connectivity index (χ2n) is 7.15. The Balaban J connectivity index is 2.22. The van der Waals surface area contributed by atoms with Gasteiger partial charge in [0.1, 0.15) is 6.04 Å². The van der Waals surface area contributed by atoms with Gasteiger partial charge in [-0.2, -0.15) is 0 Å². The molecular weight excluding hydrogens is 404 g/mol. The molecule has 0 spiro atoms. The zero-order valence-corrected chi connectivity index (χ0v) is 17.9. The molecule has 0 bridgehead atoms. The first-order valence-electron chi connectivity index (χ1n) is 9.16. The topological polar surface area (TPSA) is 49.4 Å². The molecule has 0 saturated heterocycles. The summed E-state index contributed by atoms with van der Waals surface area (Å²) in [6.45, 7) is 8.01. The van der Waals surface area contributed by atoms with Gasteiger partial charge in [-0.3, -0.25) is 9.59 Å². The zero-order chi connectivity index (χ0) is 20.0. The van der Waals surface area contributed by atoms with E-state index < -0.39 is 6.04 Å². The average molecular weight is 431 g/mol. The van der Waals surface area contributed by atoms with Crippen molar-refractivity contribution in [3.8, 4) is 0 Å². The van der Waals surface area contributed by atoms with Crippen molar-refractivity contribution in [2.75, 3.05) is 0 Å². The highest BCUT2D eigenvalue weighted by molar-refractivity contribution is 9.10. The second kappa shape index (κ2) is 9.70. The summed E-state index contributed by atoms with van der Waals surface area (Å²) >= 11 is 3.47. The van der Waals surface area contributed by atoms with Crippen molar-refractivity contribution in [1.29, 1.82) is 0 Å². The van der Waals surface area contributed by atoms with E-state index in [0.29, 0.717) is 6.54 Å². The number of nitrogens with zero attached hydrogens (tertiary/aromatic N) is 1. The Morgan fingerprint density at radius 3 is 2.30 bits per heavy atom. The molecule has 2 amide bonds.